The Labute approximate surface area is 134 Å². The van der Waals surface area contributed by atoms with Crippen LogP contribution in [0.5, 0.6) is 0 Å². The zero-order valence-electron chi connectivity index (χ0n) is 15.5. The molecule has 0 spiro atoms. The molecule has 1 aliphatic rings. The molecule has 1 N–H and O–H groups in total. The molecule has 0 saturated heterocycles. The lowest BCUT2D eigenvalue weighted by Gasteiger charge is -2.37. The molecule has 1 saturated carbocycles. The number of hydrogen-bond acceptors (Lipinski definition) is 2. The lowest BCUT2D eigenvalue weighted by atomic mass is 9.70. The molecule has 0 aliphatic heterocycles. The van der Waals surface area contributed by atoms with Crippen LogP contribution in [-0.2, 0) is 0 Å². The summed E-state index contributed by atoms with van der Waals surface area (Å²) in [5.41, 5.74) is 0.515. The van der Waals surface area contributed by atoms with Crippen LogP contribution < -0.4 is 5.32 Å². The van der Waals surface area contributed by atoms with Crippen LogP contribution in [0.3, 0.4) is 0 Å². The normalized spacial score (nSPS) is 24.0. The minimum Gasteiger partial charge on any atom is -0.316 e. The van der Waals surface area contributed by atoms with Gasteiger partial charge in [-0.1, -0.05) is 20.8 Å². The van der Waals surface area contributed by atoms with Gasteiger partial charge >= 0.3 is 0 Å². The number of unbranched alkanes of at least 4 members (excludes halogenated alkanes) is 1. The van der Waals surface area contributed by atoms with Crippen molar-refractivity contribution in [3.63, 3.8) is 0 Å². The molecule has 0 amide bonds. The van der Waals surface area contributed by atoms with Gasteiger partial charge in [-0.15, -0.1) is 0 Å². The fourth-order valence-electron chi connectivity index (χ4n) is 3.41. The van der Waals surface area contributed by atoms with E-state index in [0.717, 1.165) is 11.8 Å². The minimum atomic E-state index is 0.515. The van der Waals surface area contributed by atoms with Gasteiger partial charge < -0.3 is 10.2 Å². The van der Waals surface area contributed by atoms with Gasteiger partial charge in [-0.25, -0.2) is 0 Å². The standard InChI is InChI=1S/C19H40N2/c1-16(2)21(6)14-8-7-13-20-15-17-9-11-18(12-10-17)19(3,4)5/h16-18,20H,7-15H2,1-6H3. The molecule has 1 fully saturated rings. The highest BCUT2D eigenvalue weighted by Gasteiger charge is 2.29. The van der Waals surface area contributed by atoms with Crippen molar-refractivity contribution in [1.29, 1.82) is 0 Å². The summed E-state index contributed by atoms with van der Waals surface area (Å²) in [7, 11) is 2.23. The van der Waals surface area contributed by atoms with Crippen molar-refractivity contribution < 1.29 is 0 Å². The van der Waals surface area contributed by atoms with Gasteiger partial charge in [0.05, 0.1) is 0 Å². The van der Waals surface area contributed by atoms with Crippen LogP contribution >= 0.6 is 0 Å². The first-order chi connectivity index (χ1) is 9.80. The average molecular weight is 297 g/mol. The van der Waals surface area contributed by atoms with Crippen molar-refractivity contribution in [3.8, 4) is 0 Å². The summed E-state index contributed by atoms with van der Waals surface area (Å²) in [4.78, 5) is 2.44. The van der Waals surface area contributed by atoms with Gasteiger partial charge in [0.25, 0.3) is 0 Å². The number of nitrogens with zero attached hydrogens (tertiary/aromatic N) is 1. The first-order valence-electron chi connectivity index (χ1n) is 9.21. The van der Waals surface area contributed by atoms with Crippen LogP contribution in [0.25, 0.3) is 0 Å². The zero-order valence-corrected chi connectivity index (χ0v) is 15.5. The van der Waals surface area contributed by atoms with Crippen molar-refractivity contribution in [3.05, 3.63) is 0 Å². The van der Waals surface area contributed by atoms with E-state index in [1.165, 1.54) is 58.2 Å². The monoisotopic (exact) mass is 296 g/mol. The highest BCUT2D eigenvalue weighted by molar-refractivity contribution is 4.81. The van der Waals surface area contributed by atoms with Crippen molar-refractivity contribution in [2.45, 2.75) is 79.2 Å². The molecule has 2 nitrogen and oxygen atoms in total. The molecule has 126 valence electrons. The van der Waals surface area contributed by atoms with Gasteiger partial charge in [0.1, 0.15) is 0 Å². The molecule has 0 radical (unpaired) electrons. The largest absolute Gasteiger partial charge is 0.316 e. The Balaban J connectivity index is 2.00. The molecular weight excluding hydrogens is 256 g/mol. The first-order valence-corrected chi connectivity index (χ1v) is 9.21. The van der Waals surface area contributed by atoms with E-state index in [9.17, 15) is 0 Å². The SMILES string of the molecule is CC(C)N(C)CCCCNCC1CCC(C(C)(C)C)CC1. The summed E-state index contributed by atoms with van der Waals surface area (Å²) in [5.74, 6) is 1.88. The highest BCUT2D eigenvalue weighted by atomic mass is 15.1. The van der Waals surface area contributed by atoms with E-state index in [1.807, 2.05) is 0 Å². The zero-order chi connectivity index (χ0) is 15.9. The second-order valence-electron chi connectivity index (χ2n) is 8.57. The van der Waals surface area contributed by atoms with E-state index in [-0.39, 0.29) is 0 Å². The molecule has 0 aromatic carbocycles. The van der Waals surface area contributed by atoms with Gasteiger partial charge in [-0.05, 0) is 96.3 Å². The maximum absolute atomic E-state index is 3.69. The van der Waals surface area contributed by atoms with Crippen LogP contribution in [-0.4, -0.2) is 37.6 Å². The maximum Gasteiger partial charge on any atom is 0.00355 e. The van der Waals surface area contributed by atoms with Crippen molar-refractivity contribution in [1.82, 2.24) is 10.2 Å². The summed E-state index contributed by atoms with van der Waals surface area (Å²) in [6, 6.07) is 0.677. The Morgan fingerprint density at radius 1 is 1.05 bits per heavy atom. The van der Waals surface area contributed by atoms with Crippen LogP contribution in [0.1, 0.15) is 73.1 Å². The quantitative estimate of drug-likeness (QED) is 0.661. The lowest BCUT2D eigenvalue weighted by molar-refractivity contribution is 0.149. The smallest absolute Gasteiger partial charge is 0.00355 e. The second-order valence-corrected chi connectivity index (χ2v) is 8.57. The van der Waals surface area contributed by atoms with Crippen LogP contribution in [0.15, 0.2) is 0 Å². The van der Waals surface area contributed by atoms with Crippen LogP contribution in [0.4, 0.5) is 0 Å². The van der Waals surface area contributed by atoms with Gasteiger partial charge in [-0.3, -0.25) is 0 Å². The van der Waals surface area contributed by atoms with E-state index >= 15 is 0 Å². The molecule has 0 atom stereocenters. The van der Waals surface area contributed by atoms with E-state index in [2.05, 4.69) is 51.9 Å². The third-order valence-corrected chi connectivity index (χ3v) is 5.50. The number of hydrogen-bond donors (Lipinski definition) is 1. The summed E-state index contributed by atoms with van der Waals surface area (Å²) < 4.78 is 0. The van der Waals surface area contributed by atoms with Crippen molar-refractivity contribution in [2.24, 2.45) is 17.3 Å². The molecule has 0 unspecified atom stereocenters. The van der Waals surface area contributed by atoms with Gasteiger partial charge in [0.2, 0.25) is 0 Å². The summed E-state index contributed by atoms with van der Waals surface area (Å²) in [6.07, 6.45) is 8.38. The van der Waals surface area contributed by atoms with Crippen molar-refractivity contribution in [2.75, 3.05) is 26.7 Å². The molecule has 0 heterocycles. The first kappa shape index (κ1) is 19.0. The Bertz CT molecular complexity index is 259. The molecule has 21 heavy (non-hydrogen) atoms. The molecule has 0 aromatic rings. The van der Waals surface area contributed by atoms with E-state index in [1.54, 1.807) is 0 Å². The molecule has 1 aliphatic carbocycles. The summed E-state index contributed by atoms with van der Waals surface area (Å²) in [6.45, 7) is 15.4. The second kappa shape index (κ2) is 9.15. The van der Waals surface area contributed by atoms with Crippen LogP contribution in [0.2, 0.25) is 0 Å². The molecule has 2 heteroatoms. The topological polar surface area (TPSA) is 15.3 Å². The lowest BCUT2D eigenvalue weighted by Crippen LogP contribution is -2.31. The van der Waals surface area contributed by atoms with E-state index < -0.39 is 0 Å². The Morgan fingerprint density at radius 2 is 1.67 bits per heavy atom. The molecule has 1 rings (SSSR count). The van der Waals surface area contributed by atoms with Crippen molar-refractivity contribution >= 4 is 0 Å². The predicted octanol–water partition coefficient (Wildman–Crippen LogP) is 4.55. The van der Waals surface area contributed by atoms with Crippen LogP contribution in [0, 0.1) is 17.3 Å². The van der Waals surface area contributed by atoms with E-state index in [0.29, 0.717) is 11.5 Å². The summed E-state index contributed by atoms with van der Waals surface area (Å²) >= 11 is 0. The Morgan fingerprint density at radius 3 is 2.19 bits per heavy atom. The average Bonchev–Trinajstić information content (AvgIpc) is 2.41. The van der Waals surface area contributed by atoms with E-state index in [4.69, 9.17) is 0 Å². The van der Waals surface area contributed by atoms with Gasteiger partial charge in [-0.2, -0.15) is 0 Å². The molecule has 0 bridgehead atoms. The maximum atomic E-state index is 3.69. The Kier molecular flexibility index (Phi) is 8.26. The van der Waals surface area contributed by atoms with Gasteiger partial charge in [0, 0.05) is 6.04 Å². The minimum absolute atomic E-state index is 0.515. The third kappa shape index (κ3) is 7.65. The number of rotatable bonds is 8. The Hall–Kier alpha value is -0.0800. The summed E-state index contributed by atoms with van der Waals surface area (Å²) in [5, 5.41) is 3.69. The predicted molar refractivity (Wildman–Crippen MR) is 94.8 cm³/mol. The molecule has 0 aromatic heterocycles. The fraction of sp³-hybridized carbons (Fsp3) is 1.00. The molecular formula is C19H40N2. The van der Waals surface area contributed by atoms with Gasteiger partial charge in [0.15, 0.2) is 0 Å². The third-order valence-electron chi connectivity index (χ3n) is 5.50. The number of nitrogens with one attached hydrogen (secondary N) is 1. The fourth-order valence-corrected chi connectivity index (χ4v) is 3.41. The highest BCUT2D eigenvalue weighted by Crippen LogP contribution is 2.39.